The molecule has 0 spiro atoms. The number of hydrogen-bond acceptors (Lipinski definition) is 5. The van der Waals surface area contributed by atoms with E-state index >= 15 is 0 Å². The summed E-state index contributed by atoms with van der Waals surface area (Å²) in [5.41, 5.74) is 0.669. The van der Waals surface area contributed by atoms with Crippen molar-refractivity contribution in [1.29, 1.82) is 5.26 Å². The van der Waals surface area contributed by atoms with Crippen LogP contribution in [0, 0.1) is 17.2 Å². The zero-order valence-electron chi connectivity index (χ0n) is 10.8. The Bertz CT molecular complexity index is 685. The summed E-state index contributed by atoms with van der Waals surface area (Å²) in [6.45, 7) is 0. The summed E-state index contributed by atoms with van der Waals surface area (Å²) in [7, 11) is -3.02. The van der Waals surface area contributed by atoms with E-state index < -0.39 is 9.84 Å². The number of fused-ring (bicyclic) bond motifs is 2. The van der Waals surface area contributed by atoms with Crippen molar-refractivity contribution in [3.63, 3.8) is 0 Å². The first-order valence-electron chi connectivity index (χ1n) is 6.65. The van der Waals surface area contributed by atoms with Crippen LogP contribution in [-0.2, 0) is 9.84 Å². The van der Waals surface area contributed by atoms with Crippen molar-refractivity contribution in [3.8, 4) is 6.07 Å². The molecule has 3 heterocycles. The number of Topliss-reactive ketones (excluding diaryl/α,β-unsaturated/α-hetero) is 1. The third kappa shape index (κ3) is 2.02. The number of hydrogen-bond donors (Lipinski definition) is 0. The van der Waals surface area contributed by atoms with Crippen LogP contribution in [0.5, 0.6) is 0 Å². The van der Waals surface area contributed by atoms with Gasteiger partial charge in [0.15, 0.2) is 15.6 Å². The quantitative estimate of drug-likeness (QED) is 0.770. The van der Waals surface area contributed by atoms with Crippen molar-refractivity contribution >= 4 is 15.6 Å². The van der Waals surface area contributed by atoms with Crippen LogP contribution >= 0.6 is 0 Å². The highest BCUT2D eigenvalue weighted by molar-refractivity contribution is 7.93. The molecule has 0 amide bonds. The number of sulfone groups is 1. The van der Waals surface area contributed by atoms with Gasteiger partial charge in [0, 0.05) is 12.1 Å². The minimum Gasteiger partial charge on any atom is -0.292 e. The van der Waals surface area contributed by atoms with Gasteiger partial charge in [0.25, 0.3) is 0 Å². The Balaban J connectivity index is 1.85. The maximum atomic E-state index is 12.4. The molecule has 0 radical (unpaired) electrons. The number of nitriles is 1. The van der Waals surface area contributed by atoms with Crippen LogP contribution in [0.15, 0.2) is 18.3 Å². The van der Waals surface area contributed by atoms with Crippen molar-refractivity contribution in [2.45, 2.75) is 36.2 Å². The van der Waals surface area contributed by atoms with Gasteiger partial charge in [-0.3, -0.25) is 9.78 Å². The fourth-order valence-corrected chi connectivity index (χ4v) is 5.74. The number of nitrogens with zero attached hydrogens (tertiary/aromatic N) is 2. The van der Waals surface area contributed by atoms with Crippen LogP contribution in [0.25, 0.3) is 0 Å². The zero-order chi connectivity index (χ0) is 14.3. The largest absolute Gasteiger partial charge is 0.292 e. The van der Waals surface area contributed by atoms with Gasteiger partial charge in [-0.05, 0) is 37.8 Å². The molecular weight excluding hydrogens is 276 g/mol. The maximum absolute atomic E-state index is 12.4. The molecule has 0 N–H and O–H groups in total. The third-order valence-corrected chi connectivity index (χ3v) is 7.06. The molecule has 2 unspecified atom stereocenters. The smallest absolute Gasteiger partial charge is 0.184 e. The lowest BCUT2D eigenvalue weighted by Crippen LogP contribution is -2.36. The van der Waals surface area contributed by atoms with E-state index in [1.54, 1.807) is 6.07 Å². The minimum atomic E-state index is -3.02. The molecule has 0 saturated carbocycles. The topological polar surface area (TPSA) is 87.9 Å². The van der Waals surface area contributed by atoms with E-state index in [0.717, 1.165) is 0 Å². The van der Waals surface area contributed by atoms with Gasteiger partial charge in [0.1, 0.15) is 5.69 Å². The Morgan fingerprint density at radius 2 is 1.95 bits per heavy atom. The van der Waals surface area contributed by atoms with Gasteiger partial charge in [-0.25, -0.2) is 8.42 Å². The van der Waals surface area contributed by atoms with E-state index in [0.29, 0.717) is 31.2 Å². The normalized spacial score (nSPS) is 30.6. The van der Waals surface area contributed by atoms with Crippen LogP contribution in [0.2, 0.25) is 0 Å². The Kier molecular flexibility index (Phi) is 3.09. The fraction of sp³-hybridized carbons (Fsp3) is 0.500. The molecule has 2 fully saturated rings. The summed E-state index contributed by atoms with van der Waals surface area (Å²) >= 11 is 0. The second-order valence-electron chi connectivity index (χ2n) is 5.48. The highest BCUT2D eigenvalue weighted by Crippen LogP contribution is 2.42. The van der Waals surface area contributed by atoms with Crippen LogP contribution < -0.4 is 0 Å². The van der Waals surface area contributed by atoms with Gasteiger partial charge in [0.05, 0.1) is 22.1 Å². The van der Waals surface area contributed by atoms with Crippen molar-refractivity contribution < 1.29 is 13.2 Å². The molecule has 104 valence electrons. The molecule has 5 nitrogen and oxygen atoms in total. The van der Waals surface area contributed by atoms with Gasteiger partial charge < -0.3 is 0 Å². The highest BCUT2D eigenvalue weighted by Gasteiger charge is 2.48. The second-order valence-corrected chi connectivity index (χ2v) is 8.00. The minimum absolute atomic E-state index is 0.131. The number of ketones is 1. The number of rotatable bonds is 2. The Hall–Kier alpha value is -1.74. The maximum Gasteiger partial charge on any atom is 0.184 e. The van der Waals surface area contributed by atoms with Gasteiger partial charge in [-0.2, -0.15) is 5.26 Å². The molecule has 3 rings (SSSR count). The summed E-state index contributed by atoms with van der Waals surface area (Å²) in [4.78, 5) is 16.5. The number of carbonyl (C=O) groups is 1. The van der Waals surface area contributed by atoms with Crippen molar-refractivity contribution in [3.05, 3.63) is 29.6 Å². The van der Waals surface area contributed by atoms with E-state index in [2.05, 4.69) is 4.98 Å². The molecule has 1 aromatic rings. The standard InChI is InChI=1S/C14H14N2O3S/c15-8-9-3-4-16-13(5-9)14(17)10-6-11-1-2-12(7-10)20(11,18)19/h3-5,10-12H,1-2,6-7H2. The predicted molar refractivity (Wildman–Crippen MR) is 71.7 cm³/mol. The van der Waals surface area contributed by atoms with Crippen LogP contribution in [0.1, 0.15) is 41.7 Å². The molecule has 1 aromatic heterocycles. The average Bonchev–Trinajstić information content (AvgIpc) is 2.66. The van der Waals surface area contributed by atoms with Gasteiger partial charge in [0.2, 0.25) is 0 Å². The van der Waals surface area contributed by atoms with E-state index in [9.17, 15) is 13.2 Å². The molecule has 0 aliphatic carbocycles. The molecule has 2 bridgehead atoms. The van der Waals surface area contributed by atoms with E-state index in [-0.39, 0.29) is 27.9 Å². The number of pyridine rings is 1. The van der Waals surface area contributed by atoms with Crippen LogP contribution in [-0.4, -0.2) is 29.7 Å². The fourth-order valence-electron chi connectivity index (χ4n) is 3.27. The molecule has 2 aliphatic heterocycles. The van der Waals surface area contributed by atoms with Crippen molar-refractivity contribution in [2.24, 2.45) is 5.92 Å². The van der Waals surface area contributed by atoms with E-state index in [1.807, 2.05) is 6.07 Å². The van der Waals surface area contributed by atoms with Gasteiger partial charge in [-0.15, -0.1) is 0 Å². The molecule has 2 aliphatic rings. The summed E-state index contributed by atoms with van der Waals surface area (Å²) in [5, 5.41) is 8.12. The molecular formula is C14H14N2O3S. The molecule has 20 heavy (non-hydrogen) atoms. The molecule has 6 heteroatoms. The van der Waals surface area contributed by atoms with Crippen LogP contribution in [0.4, 0.5) is 0 Å². The Labute approximate surface area is 117 Å². The first-order valence-corrected chi connectivity index (χ1v) is 8.26. The molecule has 2 atom stereocenters. The van der Waals surface area contributed by atoms with Gasteiger partial charge in [-0.1, -0.05) is 0 Å². The summed E-state index contributed by atoms with van der Waals surface area (Å²) in [6, 6.07) is 5.01. The highest BCUT2D eigenvalue weighted by atomic mass is 32.2. The molecule has 0 aromatic carbocycles. The van der Waals surface area contributed by atoms with Crippen molar-refractivity contribution in [1.82, 2.24) is 4.98 Å². The lowest BCUT2D eigenvalue weighted by Gasteiger charge is -2.26. The Morgan fingerprint density at radius 1 is 1.30 bits per heavy atom. The lowest BCUT2D eigenvalue weighted by molar-refractivity contribution is 0.0900. The Morgan fingerprint density at radius 3 is 2.55 bits per heavy atom. The molecule has 2 saturated heterocycles. The first-order chi connectivity index (χ1) is 9.52. The second kappa shape index (κ2) is 4.67. The van der Waals surface area contributed by atoms with Gasteiger partial charge >= 0.3 is 0 Å². The summed E-state index contributed by atoms with van der Waals surface area (Å²) in [5.74, 6) is -0.411. The van der Waals surface area contributed by atoms with Crippen LogP contribution in [0.3, 0.4) is 0 Å². The third-order valence-electron chi connectivity index (χ3n) is 4.35. The average molecular weight is 290 g/mol. The number of carbonyl (C=O) groups excluding carboxylic acids is 1. The monoisotopic (exact) mass is 290 g/mol. The first kappa shape index (κ1) is 13.3. The van der Waals surface area contributed by atoms with E-state index in [1.165, 1.54) is 12.3 Å². The summed E-state index contributed by atoms with van der Waals surface area (Å²) in [6.07, 6.45) is 3.58. The summed E-state index contributed by atoms with van der Waals surface area (Å²) < 4.78 is 24.0. The lowest BCUT2D eigenvalue weighted by atomic mass is 9.92. The zero-order valence-corrected chi connectivity index (χ0v) is 11.6. The SMILES string of the molecule is N#Cc1ccnc(C(=O)C2CC3CCC(C2)S3(=O)=O)c1. The van der Waals surface area contributed by atoms with E-state index in [4.69, 9.17) is 5.26 Å². The number of aromatic nitrogens is 1. The van der Waals surface area contributed by atoms with Crippen molar-refractivity contribution in [2.75, 3.05) is 0 Å². The predicted octanol–water partition coefficient (Wildman–Crippen LogP) is 1.49.